The van der Waals surface area contributed by atoms with Gasteiger partial charge in [0.05, 0.1) is 18.8 Å². The summed E-state index contributed by atoms with van der Waals surface area (Å²) in [6.45, 7) is 2.15. The van der Waals surface area contributed by atoms with Gasteiger partial charge < -0.3 is 18.9 Å². The van der Waals surface area contributed by atoms with Crippen molar-refractivity contribution < 1.29 is 32.2 Å². The molecule has 2 aromatic rings. The Morgan fingerprint density at radius 1 is 1.21 bits per heavy atom. The lowest BCUT2D eigenvalue weighted by Gasteiger charge is -2.28. The van der Waals surface area contributed by atoms with Crippen LogP contribution in [-0.2, 0) is 24.0 Å². The van der Waals surface area contributed by atoms with Crippen LogP contribution >= 0.6 is 0 Å². The molecular formula is C19H20N2O7S. The molecule has 0 aliphatic carbocycles. The van der Waals surface area contributed by atoms with Crippen LogP contribution in [0, 0.1) is 0 Å². The fourth-order valence-corrected chi connectivity index (χ4v) is 3.96. The third-order valence-corrected chi connectivity index (χ3v) is 5.86. The van der Waals surface area contributed by atoms with E-state index in [9.17, 15) is 13.2 Å². The highest BCUT2D eigenvalue weighted by atomic mass is 32.2. The lowest BCUT2D eigenvalue weighted by atomic mass is 9.94. The van der Waals surface area contributed by atoms with Crippen molar-refractivity contribution in [2.75, 3.05) is 19.5 Å². The van der Waals surface area contributed by atoms with E-state index >= 15 is 0 Å². The second-order valence-electron chi connectivity index (χ2n) is 7.11. The third kappa shape index (κ3) is 3.83. The average Bonchev–Trinajstić information content (AvgIpc) is 3.18. The molecule has 0 bridgehead atoms. The summed E-state index contributed by atoms with van der Waals surface area (Å²) in [5.74, 6) is -0.353. The van der Waals surface area contributed by atoms with E-state index < -0.39 is 39.7 Å². The van der Waals surface area contributed by atoms with E-state index in [1.54, 1.807) is 31.2 Å². The highest BCUT2D eigenvalue weighted by Gasteiger charge is 2.60. The smallest absolute Gasteiger partial charge is 0.338 e. The number of carbonyl (C=O) groups is 1. The third-order valence-electron chi connectivity index (χ3n) is 5.00. The summed E-state index contributed by atoms with van der Waals surface area (Å²) in [4.78, 5) is 20.1. The standard InChI is InChI=1S/C19H20N2O7S/c1-19-14(28-17(22)12-6-4-3-5-7-12)11-25-16(19)13(10-26-19)27-15-8-9-20-18(21-15)29(2,23)24/h3-9,13-14,16H,10-11H2,1-2H3/t13-,14-,16+,19+/m0/s1. The van der Waals surface area contributed by atoms with E-state index in [1.807, 2.05) is 6.07 Å². The number of sulfone groups is 1. The zero-order chi connectivity index (χ0) is 20.6. The molecule has 2 fully saturated rings. The van der Waals surface area contributed by atoms with Crippen LogP contribution in [0.25, 0.3) is 0 Å². The quantitative estimate of drug-likeness (QED) is 0.517. The highest BCUT2D eigenvalue weighted by molar-refractivity contribution is 7.90. The predicted octanol–water partition coefficient (Wildman–Crippen LogP) is 1.04. The van der Waals surface area contributed by atoms with Crippen molar-refractivity contribution in [2.45, 2.75) is 36.0 Å². The fourth-order valence-electron chi connectivity index (χ4n) is 3.45. The van der Waals surface area contributed by atoms with E-state index in [-0.39, 0.29) is 24.3 Å². The van der Waals surface area contributed by atoms with Gasteiger partial charge in [0, 0.05) is 18.5 Å². The number of fused-ring (bicyclic) bond motifs is 1. The van der Waals surface area contributed by atoms with Crippen LogP contribution in [0.5, 0.6) is 5.88 Å². The molecule has 10 heteroatoms. The highest BCUT2D eigenvalue weighted by Crippen LogP contribution is 2.40. The number of nitrogens with zero attached hydrogens (tertiary/aromatic N) is 2. The maximum atomic E-state index is 12.4. The lowest BCUT2D eigenvalue weighted by Crippen LogP contribution is -2.47. The second-order valence-corrected chi connectivity index (χ2v) is 9.02. The molecular weight excluding hydrogens is 400 g/mol. The van der Waals surface area contributed by atoms with Crippen LogP contribution in [0.2, 0.25) is 0 Å². The summed E-state index contributed by atoms with van der Waals surface area (Å²) in [6, 6.07) is 10.1. The van der Waals surface area contributed by atoms with Gasteiger partial charge in [0.2, 0.25) is 20.9 Å². The van der Waals surface area contributed by atoms with Crippen LogP contribution in [0.15, 0.2) is 47.8 Å². The van der Waals surface area contributed by atoms with E-state index in [0.29, 0.717) is 5.56 Å². The van der Waals surface area contributed by atoms with Crippen LogP contribution in [0.1, 0.15) is 17.3 Å². The van der Waals surface area contributed by atoms with Gasteiger partial charge in [0.1, 0.15) is 11.7 Å². The Hall–Kier alpha value is -2.56. The summed E-state index contributed by atoms with van der Waals surface area (Å²) < 4.78 is 46.5. The summed E-state index contributed by atoms with van der Waals surface area (Å²) in [7, 11) is -3.56. The maximum Gasteiger partial charge on any atom is 0.338 e. The monoisotopic (exact) mass is 420 g/mol. The second kappa shape index (κ2) is 7.36. The van der Waals surface area contributed by atoms with Crippen LogP contribution < -0.4 is 4.74 Å². The Balaban J connectivity index is 1.46. The van der Waals surface area contributed by atoms with Crippen molar-refractivity contribution >= 4 is 15.8 Å². The number of esters is 1. The van der Waals surface area contributed by atoms with Crippen molar-refractivity contribution in [3.63, 3.8) is 0 Å². The van der Waals surface area contributed by atoms with Crippen molar-refractivity contribution in [2.24, 2.45) is 0 Å². The first kappa shape index (κ1) is 19.7. The van der Waals surface area contributed by atoms with Gasteiger partial charge in [-0.25, -0.2) is 18.2 Å². The van der Waals surface area contributed by atoms with Gasteiger partial charge in [-0.15, -0.1) is 0 Å². The number of aromatic nitrogens is 2. The molecule has 1 aromatic heterocycles. The molecule has 2 aliphatic heterocycles. The molecule has 0 radical (unpaired) electrons. The number of rotatable bonds is 5. The molecule has 2 saturated heterocycles. The number of benzene rings is 1. The first-order valence-electron chi connectivity index (χ1n) is 8.99. The summed E-state index contributed by atoms with van der Waals surface area (Å²) in [5, 5.41) is -0.321. The molecule has 0 amide bonds. The molecule has 0 saturated carbocycles. The van der Waals surface area contributed by atoms with Gasteiger partial charge in [0.15, 0.2) is 12.2 Å². The zero-order valence-electron chi connectivity index (χ0n) is 15.8. The first-order chi connectivity index (χ1) is 13.8. The fraction of sp³-hybridized carbons (Fsp3) is 0.421. The molecule has 9 nitrogen and oxygen atoms in total. The number of ether oxygens (including phenoxy) is 4. The summed E-state index contributed by atoms with van der Waals surface area (Å²) in [6.07, 6.45) is 0.683. The Morgan fingerprint density at radius 3 is 2.69 bits per heavy atom. The molecule has 3 heterocycles. The van der Waals surface area contributed by atoms with Gasteiger partial charge in [-0.1, -0.05) is 18.2 Å². The topological polar surface area (TPSA) is 114 Å². The molecule has 0 unspecified atom stereocenters. The van der Waals surface area contributed by atoms with Crippen LogP contribution in [0.4, 0.5) is 0 Å². The van der Waals surface area contributed by atoms with Gasteiger partial charge in [-0.2, -0.15) is 4.98 Å². The molecule has 2 aliphatic rings. The van der Waals surface area contributed by atoms with Crippen molar-refractivity contribution in [1.82, 2.24) is 9.97 Å². The van der Waals surface area contributed by atoms with Gasteiger partial charge in [-0.3, -0.25) is 0 Å². The molecule has 0 spiro atoms. The Morgan fingerprint density at radius 2 is 1.97 bits per heavy atom. The van der Waals surface area contributed by atoms with E-state index in [1.165, 1.54) is 12.3 Å². The molecule has 4 rings (SSSR count). The van der Waals surface area contributed by atoms with Crippen molar-refractivity contribution in [1.29, 1.82) is 0 Å². The SMILES string of the molecule is C[C@]12OC[C@H](Oc3ccnc(S(C)(=O)=O)n3)[C@H]1OC[C@@H]2OC(=O)c1ccccc1. The normalized spacial score (nSPS) is 28.7. The van der Waals surface area contributed by atoms with Crippen molar-refractivity contribution in [3.05, 3.63) is 48.2 Å². The van der Waals surface area contributed by atoms with Gasteiger partial charge in [0.25, 0.3) is 0 Å². The van der Waals surface area contributed by atoms with E-state index in [0.717, 1.165) is 6.26 Å². The van der Waals surface area contributed by atoms with Gasteiger partial charge in [-0.05, 0) is 19.1 Å². The van der Waals surface area contributed by atoms with E-state index in [4.69, 9.17) is 18.9 Å². The minimum absolute atomic E-state index is 0.103. The van der Waals surface area contributed by atoms with Gasteiger partial charge >= 0.3 is 5.97 Å². The molecule has 154 valence electrons. The summed E-state index contributed by atoms with van der Waals surface area (Å²) in [5.41, 5.74) is -0.443. The lowest BCUT2D eigenvalue weighted by molar-refractivity contribution is -0.0724. The largest absolute Gasteiger partial charge is 0.469 e. The average molecular weight is 420 g/mol. The molecule has 4 atom stereocenters. The van der Waals surface area contributed by atoms with Crippen molar-refractivity contribution in [3.8, 4) is 5.88 Å². The first-order valence-corrected chi connectivity index (χ1v) is 10.9. The Bertz CT molecular complexity index is 1010. The Labute approximate surface area is 167 Å². The molecule has 0 N–H and O–H groups in total. The Kier molecular flexibility index (Phi) is 5.01. The minimum atomic E-state index is -3.56. The molecule has 1 aromatic carbocycles. The predicted molar refractivity (Wildman–Crippen MR) is 99.3 cm³/mol. The number of carbonyl (C=O) groups excluding carboxylic acids is 1. The minimum Gasteiger partial charge on any atom is -0.469 e. The number of hydrogen-bond acceptors (Lipinski definition) is 9. The number of hydrogen-bond donors (Lipinski definition) is 0. The maximum absolute atomic E-state index is 12.4. The van der Waals surface area contributed by atoms with Crippen LogP contribution in [0.3, 0.4) is 0 Å². The molecule has 29 heavy (non-hydrogen) atoms. The van der Waals surface area contributed by atoms with E-state index in [2.05, 4.69) is 9.97 Å². The summed E-state index contributed by atoms with van der Waals surface area (Å²) >= 11 is 0. The zero-order valence-corrected chi connectivity index (χ0v) is 16.7. The van der Waals surface area contributed by atoms with Crippen LogP contribution in [-0.4, -0.2) is 67.7 Å².